The number of nitrogens with zero attached hydrogens (tertiary/aromatic N) is 2. The van der Waals surface area contributed by atoms with Gasteiger partial charge in [-0.1, -0.05) is 11.6 Å². The number of rotatable bonds is 2. The van der Waals surface area contributed by atoms with E-state index in [4.69, 9.17) is 11.6 Å². The molecule has 2 heterocycles. The van der Waals surface area contributed by atoms with E-state index in [9.17, 15) is 13.6 Å². The molecule has 4 nitrogen and oxygen atoms in total. The van der Waals surface area contributed by atoms with Crippen molar-refractivity contribution in [1.29, 1.82) is 0 Å². The molecule has 0 atom stereocenters. The highest BCUT2D eigenvalue weighted by Crippen LogP contribution is 2.26. The Morgan fingerprint density at radius 1 is 1.36 bits per heavy atom. The Morgan fingerprint density at radius 2 is 2.09 bits per heavy atom. The molecule has 2 aromatic rings. The van der Waals surface area contributed by atoms with Crippen molar-refractivity contribution < 1.29 is 8.78 Å². The van der Waals surface area contributed by atoms with Crippen LogP contribution in [0.15, 0.2) is 16.9 Å². The largest absolute Gasteiger partial charge is 0.311 e. The van der Waals surface area contributed by atoms with Gasteiger partial charge in [-0.05, 0) is 25.5 Å². The summed E-state index contributed by atoms with van der Waals surface area (Å²) in [5.74, 6) is -0.631. The molecule has 0 aliphatic carbocycles. The number of H-pyrrole nitrogens is 1. The highest BCUT2D eigenvalue weighted by molar-refractivity contribution is 6.31. The Bertz CT molecular complexity index is 791. The first-order chi connectivity index (χ1) is 10.5. The van der Waals surface area contributed by atoms with Gasteiger partial charge in [-0.25, -0.2) is 13.8 Å². The molecule has 22 heavy (non-hydrogen) atoms. The number of aromatic amines is 1. The van der Waals surface area contributed by atoms with Gasteiger partial charge in [-0.2, -0.15) is 0 Å². The van der Waals surface area contributed by atoms with E-state index in [0.717, 1.165) is 12.1 Å². The molecule has 0 amide bonds. The van der Waals surface area contributed by atoms with Crippen LogP contribution in [-0.4, -0.2) is 21.4 Å². The number of aryl methyl sites for hydroxylation is 1. The monoisotopic (exact) mass is 325 g/mol. The molecule has 1 aromatic carbocycles. The quantitative estimate of drug-likeness (QED) is 0.863. The van der Waals surface area contributed by atoms with Crippen molar-refractivity contribution in [3.05, 3.63) is 61.8 Å². The molecule has 1 aliphatic rings. The average molecular weight is 326 g/mol. The maximum Gasteiger partial charge on any atom is 0.254 e. The molecule has 0 saturated carbocycles. The lowest BCUT2D eigenvalue weighted by molar-refractivity contribution is 0.236. The van der Waals surface area contributed by atoms with Crippen molar-refractivity contribution in [2.45, 2.75) is 26.4 Å². The fourth-order valence-corrected chi connectivity index (χ4v) is 2.90. The lowest BCUT2D eigenvalue weighted by Crippen LogP contribution is -2.35. The first kappa shape index (κ1) is 15.1. The van der Waals surface area contributed by atoms with Gasteiger partial charge in [0.25, 0.3) is 5.56 Å². The number of hydrogen-bond donors (Lipinski definition) is 1. The molecule has 0 unspecified atom stereocenters. The predicted octanol–water partition coefficient (Wildman–Crippen LogP) is 2.57. The molecular weight excluding hydrogens is 312 g/mol. The van der Waals surface area contributed by atoms with Gasteiger partial charge in [0.2, 0.25) is 0 Å². The number of aromatic nitrogens is 2. The van der Waals surface area contributed by atoms with Gasteiger partial charge in [-0.15, -0.1) is 0 Å². The maximum absolute atomic E-state index is 13.9. The number of hydrogen-bond acceptors (Lipinski definition) is 3. The zero-order chi connectivity index (χ0) is 15.9. The standard InChI is InChI=1S/C15H14ClF2N3O/c1-8-19-13-7-21(5-4-9(13)15(22)20-8)6-10-11(17)2-3-12(18)14(10)16/h2-3H,4-7H2,1H3,(H,19,20,22). The van der Waals surface area contributed by atoms with Crippen LogP contribution < -0.4 is 5.56 Å². The first-order valence-electron chi connectivity index (χ1n) is 6.89. The Hall–Kier alpha value is -1.79. The van der Waals surface area contributed by atoms with Crippen LogP contribution in [0, 0.1) is 18.6 Å². The van der Waals surface area contributed by atoms with Gasteiger partial charge >= 0.3 is 0 Å². The molecule has 0 saturated heterocycles. The van der Waals surface area contributed by atoms with E-state index in [0.29, 0.717) is 36.6 Å². The molecule has 0 spiro atoms. The van der Waals surface area contributed by atoms with Crippen LogP contribution in [-0.2, 0) is 19.5 Å². The Morgan fingerprint density at radius 3 is 2.86 bits per heavy atom. The fourth-order valence-electron chi connectivity index (χ4n) is 2.69. The van der Waals surface area contributed by atoms with Crippen LogP contribution in [0.1, 0.15) is 22.6 Å². The summed E-state index contributed by atoms with van der Waals surface area (Å²) < 4.78 is 27.3. The molecule has 116 valence electrons. The van der Waals surface area contributed by atoms with E-state index < -0.39 is 11.6 Å². The molecule has 0 bridgehead atoms. The Labute approximate surface area is 130 Å². The second kappa shape index (κ2) is 5.78. The summed E-state index contributed by atoms with van der Waals surface area (Å²) >= 11 is 5.86. The predicted molar refractivity (Wildman–Crippen MR) is 78.8 cm³/mol. The minimum Gasteiger partial charge on any atom is -0.311 e. The van der Waals surface area contributed by atoms with E-state index in [1.807, 2.05) is 4.90 Å². The van der Waals surface area contributed by atoms with Gasteiger partial charge in [-0.3, -0.25) is 9.69 Å². The first-order valence-corrected chi connectivity index (χ1v) is 7.27. The number of benzene rings is 1. The summed E-state index contributed by atoms with van der Waals surface area (Å²) in [5.41, 5.74) is 1.34. The summed E-state index contributed by atoms with van der Waals surface area (Å²) in [6.45, 7) is 2.86. The zero-order valence-corrected chi connectivity index (χ0v) is 12.7. The molecule has 1 N–H and O–H groups in total. The Kier molecular flexibility index (Phi) is 3.97. The Balaban J connectivity index is 1.87. The minimum absolute atomic E-state index is 0.128. The smallest absolute Gasteiger partial charge is 0.254 e. The topological polar surface area (TPSA) is 49.0 Å². The molecular formula is C15H14ClF2N3O. The number of nitrogens with one attached hydrogen (secondary N) is 1. The van der Waals surface area contributed by atoms with Gasteiger partial charge in [0.05, 0.1) is 10.7 Å². The van der Waals surface area contributed by atoms with E-state index in [1.54, 1.807) is 6.92 Å². The second-order valence-electron chi connectivity index (χ2n) is 5.36. The van der Waals surface area contributed by atoms with Gasteiger partial charge in [0.15, 0.2) is 0 Å². The molecule has 1 aliphatic heterocycles. The van der Waals surface area contributed by atoms with Crippen molar-refractivity contribution >= 4 is 11.6 Å². The van der Waals surface area contributed by atoms with Crippen LogP contribution in [0.2, 0.25) is 5.02 Å². The van der Waals surface area contributed by atoms with Crippen LogP contribution in [0.5, 0.6) is 0 Å². The summed E-state index contributed by atoms with van der Waals surface area (Å²) in [6, 6.07) is 2.08. The second-order valence-corrected chi connectivity index (χ2v) is 5.74. The molecule has 0 fully saturated rings. The molecule has 3 rings (SSSR count). The summed E-state index contributed by atoms with van der Waals surface area (Å²) in [4.78, 5) is 20.8. The fraction of sp³-hybridized carbons (Fsp3) is 0.333. The zero-order valence-electron chi connectivity index (χ0n) is 11.9. The summed E-state index contributed by atoms with van der Waals surface area (Å²) in [5, 5.41) is -0.194. The average Bonchev–Trinajstić information content (AvgIpc) is 2.47. The highest BCUT2D eigenvalue weighted by Gasteiger charge is 2.23. The van der Waals surface area contributed by atoms with Crippen LogP contribution in [0.3, 0.4) is 0 Å². The van der Waals surface area contributed by atoms with Crippen molar-refractivity contribution in [2.75, 3.05) is 6.54 Å². The summed E-state index contributed by atoms with van der Waals surface area (Å²) in [7, 11) is 0. The summed E-state index contributed by atoms with van der Waals surface area (Å²) in [6.07, 6.45) is 0.520. The molecule has 0 radical (unpaired) electrons. The van der Waals surface area contributed by atoms with E-state index >= 15 is 0 Å². The lowest BCUT2D eigenvalue weighted by atomic mass is 10.1. The van der Waals surface area contributed by atoms with E-state index in [1.165, 1.54) is 0 Å². The van der Waals surface area contributed by atoms with Crippen LogP contribution in [0.25, 0.3) is 0 Å². The van der Waals surface area contributed by atoms with Crippen molar-refractivity contribution in [1.82, 2.24) is 14.9 Å². The minimum atomic E-state index is -0.638. The molecule has 1 aromatic heterocycles. The van der Waals surface area contributed by atoms with Crippen LogP contribution in [0.4, 0.5) is 8.78 Å². The lowest BCUT2D eigenvalue weighted by Gasteiger charge is -2.28. The van der Waals surface area contributed by atoms with Gasteiger partial charge in [0.1, 0.15) is 17.5 Å². The SMILES string of the molecule is Cc1nc2c(c(=O)[nH]1)CCN(Cc1c(F)ccc(F)c1Cl)C2. The van der Waals surface area contributed by atoms with Gasteiger partial charge in [0, 0.05) is 30.8 Å². The van der Waals surface area contributed by atoms with E-state index in [2.05, 4.69) is 9.97 Å². The molecule has 7 heteroatoms. The number of fused-ring (bicyclic) bond motifs is 1. The third-order valence-corrected chi connectivity index (χ3v) is 4.20. The van der Waals surface area contributed by atoms with Crippen molar-refractivity contribution in [2.24, 2.45) is 0 Å². The van der Waals surface area contributed by atoms with Crippen molar-refractivity contribution in [3.8, 4) is 0 Å². The van der Waals surface area contributed by atoms with Gasteiger partial charge < -0.3 is 4.98 Å². The van der Waals surface area contributed by atoms with Crippen LogP contribution >= 0.6 is 11.6 Å². The highest BCUT2D eigenvalue weighted by atomic mass is 35.5. The normalized spacial score (nSPS) is 14.9. The third kappa shape index (κ3) is 2.76. The third-order valence-electron chi connectivity index (χ3n) is 3.79. The van der Waals surface area contributed by atoms with E-state index in [-0.39, 0.29) is 22.7 Å². The van der Waals surface area contributed by atoms with Crippen molar-refractivity contribution in [3.63, 3.8) is 0 Å². The number of halogens is 3. The maximum atomic E-state index is 13.9.